The van der Waals surface area contributed by atoms with Gasteiger partial charge in [-0.1, -0.05) is 41.4 Å². The van der Waals surface area contributed by atoms with Crippen LogP contribution in [0.4, 0.5) is 5.69 Å². The average molecular weight is 371 g/mol. The summed E-state index contributed by atoms with van der Waals surface area (Å²) in [6.07, 6.45) is 1.55. The van der Waals surface area contributed by atoms with E-state index in [1.165, 1.54) is 0 Å². The van der Waals surface area contributed by atoms with Gasteiger partial charge in [0.15, 0.2) is 0 Å². The number of rotatable bonds is 5. The molecule has 2 N–H and O–H groups in total. The zero-order valence-corrected chi connectivity index (χ0v) is 16.0. The van der Waals surface area contributed by atoms with Gasteiger partial charge in [-0.3, -0.25) is 9.59 Å². The first kappa shape index (κ1) is 18.5. The van der Waals surface area contributed by atoms with Crippen molar-refractivity contribution in [1.29, 1.82) is 0 Å². The van der Waals surface area contributed by atoms with E-state index in [9.17, 15) is 9.59 Å². The SMILES string of the molecule is Cc1cc(C)c(NC(=O)CNC(=O)C2(c3cccc(Cl)c3)CC2)c(C)c1. The molecular formula is C21H23ClN2O2. The summed E-state index contributed by atoms with van der Waals surface area (Å²) in [5.74, 6) is -0.345. The van der Waals surface area contributed by atoms with Gasteiger partial charge in [-0.25, -0.2) is 0 Å². The molecule has 0 aromatic heterocycles. The minimum atomic E-state index is -0.541. The van der Waals surface area contributed by atoms with E-state index in [1.807, 2.05) is 51.1 Å². The quantitative estimate of drug-likeness (QED) is 0.834. The Morgan fingerprint density at radius 1 is 1.08 bits per heavy atom. The van der Waals surface area contributed by atoms with E-state index in [2.05, 4.69) is 10.6 Å². The van der Waals surface area contributed by atoms with Crippen molar-refractivity contribution in [2.24, 2.45) is 0 Å². The predicted molar refractivity (Wildman–Crippen MR) is 105 cm³/mol. The Hall–Kier alpha value is -2.33. The average Bonchev–Trinajstić information content (AvgIpc) is 3.38. The maximum Gasteiger partial charge on any atom is 0.243 e. The molecule has 0 bridgehead atoms. The normalized spacial score (nSPS) is 14.6. The third-order valence-electron chi connectivity index (χ3n) is 4.91. The number of hydrogen-bond donors (Lipinski definition) is 2. The predicted octanol–water partition coefficient (Wildman–Crippen LogP) is 4.05. The molecule has 1 fully saturated rings. The number of halogens is 1. The van der Waals surface area contributed by atoms with E-state index in [-0.39, 0.29) is 18.4 Å². The van der Waals surface area contributed by atoms with Crippen molar-refractivity contribution in [2.45, 2.75) is 39.0 Å². The molecule has 3 rings (SSSR count). The van der Waals surface area contributed by atoms with Crippen molar-refractivity contribution < 1.29 is 9.59 Å². The van der Waals surface area contributed by atoms with Gasteiger partial charge in [0.2, 0.25) is 11.8 Å². The van der Waals surface area contributed by atoms with E-state index >= 15 is 0 Å². The molecule has 1 aliphatic carbocycles. The minimum absolute atomic E-state index is 0.0477. The van der Waals surface area contributed by atoms with Crippen LogP contribution in [0.25, 0.3) is 0 Å². The highest BCUT2D eigenvalue weighted by atomic mass is 35.5. The van der Waals surface area contributed by atoms with Gasteiger partial charge in [0.05, 0.1) is 12.0 Å². The number of amides is 2. The smallest absolute Gasteiger partial charge is 0.243 e. The van der Waals surface area contributed by atoms with Crippen LogP contribution >= 0.6 is 11.6 Å². The monoisotopic (exact) mass is 370 g/mol. The fourth-order valence-electron chi connectivity index (χ4n) is 3.45. The molecule has 0 radical (unpaired) electrons. The Morgan fingerprint density at radius 2 is 1.73 bits per heavy atom. The molecular weight excluding hydrogens is 348 g/mol. The number of anilines is 1. The molecule has 136 valence electrons. The minimum Gasteiger partial charge on any atom is -0.346 e. The van der Waals surface area contributed by atoms with Gasteiger partial charge in [0, 0.05) is 10.7 Å². The number of aryl methyl sites for hydroxylation is 3. The van der Waals surface area contributed by atoms with Crippen molar-refractivity contribution in [3.63, 3.8) is 0 Å². The van der Waals surface area contributed by atoms with Gasteiger partial charge in [-0.15, -0.1) is 0 Å². The Morgan fingerprint density at radius 3 is 2.31 bits per heavy atom. The summed E-state index contributed by atoms with van der Waals surface area (Å²) < 4.78 is 0. The molecule has 0 atom stereocenters. The standard InChI is InChI=1S/C21H23ClN2O2/c1-13-9-14(2)19(15(3)10-13)24-18(25)12-23-20(26)21(7-8-21)16-5-4-6-17(22)11-16/h4-6,9-11H,7-8,12H2,1-3H3,(H,23,26)(H,24,25). The summed E-state index contributed by atoms with van der Waals surface area (Å²) in [4.78, 5) is 24.9. The first-order chi connectivity index (χ1) is 12.3. The molecule has 0 unspecified atom stereocenters. The second-order valence-corrected chi connectivity index (χ2v) is 7.53. The maximum atomic E-state index is 12.6. The molecule has 0 saturated heterocycles. The summed E-state index contributed by atoms with van der Waals surface area (Å²) in [5, 5.41) is 6.30. The number of hydrogen-bond acceptors (Lipinski definition) is 2. The Balaban J connectivity index is 1.62. The van der Waals surface area contributed by atoms with Gasteiger partial charge in [-0.2, -0.15) is 0 Å². The molecule has 2 amide bonds. The summed E-state index contributed by atoms with van der Waals surface area (Å²) in [5.41, 5.74) is 4.36. The molecule has 5 heteroatoms. The molecule has 4 nitrogen and oxygen atoms in total. The van der Waals surface area contributed by atoms with E-state index in [4.69, 9.17) is 11.6 Å². The summed E-state index contributed by atoms with van der Waals surface area (Å²) in [6.45, 7) is 5.91. The Labute approximate surface area is 158 Å². The lowest BCUT2D eigenvalue weighted by Gasteiger charge is -2.17. The van der Waals surface area contributed by atoms with Crippen LogP contribution in [0.1, 0.15) is 35.1 Å². The molecule has 26 heavy (non-hydrogen) atoms. The van der Waals surface area contributed by atoms with Crippen LogP contribution in [-0.2, 0) is 15.0 Å². The fourth-order valence-corrected chi connectivity index (χ4v) is 3.64. The number of benzene rings is 2. The van der Waals surface area contributed by atoms with Gasteiger partial charge < -0.3 is 10.6 Å². The lowest BCUT2D eigenvalue weighted by atomic mass is 9.95. The summed E-state index contributed by atoms with van der Waals surface area (Å²) >= 11 is 6.05. The first-order valence-corrected chi connectivity index (χ1v) is 9.12. The largest absolute Gasteiger partial charge is 0.346 e. The van der Waals surface area contributed by atoms with Gasteiger partial charge in [0.1, 0.15) is 0 Å². The molecule has 0 spiro atoms. The van der Waals surface area contributed by atoms with Crippen LogP contribution in [0, 0.1) is 20.8 Å². The molecule has 2 aromatic carbocycles. The van der Waals surface area contributed by atoms with Crippen LogP contribution in [-0.4, -0.2) is 18.4 Å². The highest BCUT2D eigenvalue weighted by molar-refractivity contribution is 6.30. The summed E-state index contributed by atoms with van der Waals surface area (Å²) in [6, 6.07) is 11.4. The lowest BCUT2D eigenvalue weighted by Crippen LogP contribution is -2.39. The van der Waals surface area contributed by atoms with Crippen molar-refractivity contribution in [3.05, 3.63) is 63.7 Å². The summed E-state index contributed by atoms with van der Waals surface area (Å²) in [7, 11) is 0. The van der Waals surface area contributed by atoms with Gasteiger partial charge in [-0.05, 0) is 62.4 Å². The van der Waals surface area contributed by atoms with Crippen LogP contribution in [0.5, 0.6) is 0 Å². The van der Waals surface area contributed by atoms with Crippen LogP contribution < -0.4 is 10.6 Å². The second-order valence-electron chi connectivity index (χ2n) is 7.10. The Kier molecular flexibility index (Phi) is 5.05. The Bertz CT molecular complexity index is 849. The zero-order valence-electron chi connectivity index (χ0n) is 15.3. The van der Waals surface area contributed by atoms with Crippen LogP contribution in [0.15, 0.2) is 36.4 Å². The topological polar surface area (TPSA) is 58.2 Å². The van der Waals surface area contributed by atoms with E-state index in [0.717, 1.165) is 40.8 Å². The van der Waals surface area contributed by atoms with Gasteiger partial charge >= 0.3 is 0 Å². The van der Waals surface area contributed by atoms with Crippen molar-refractivity contribution in [1.82, 2.24) is 5.32 Å². The molecule has 0 heterocycles. The van der Waals surface area contributed by atoms with Crippen molar-refractivity contribution in [3.8, 4) is 0 Å². The van der Waals surface area contributed by atoms with E-state index in [1.54, 1.807) is 6.07 Å². The van der Waals surface area contributed by atoms with E-state index in [0.29, 0.717) is 5.02 Å². The van der Waals surface area contributed by atoms with Crippen molar-refractivity contribution >= 4 is 29.1 Å². The highest BCUT2D eigenvalue weighted by Gasteiger charge is 2.51. The molecule has 2 aromatic rings. The van der Waals surface area contributed by atoms with Crippen LogP contribution in [0.3, 0.4) is 0 Å². The third kappa shape index (κ3) is 3.75. The van der Waals surface area contributed by atoms with Crippen LogP contribution in [0.2, 0.25) is 5.02 Å². The molecule has 1 saturated carbocycles. The third-order valence-corrected chi connectivity index (χ3v) is 5.15. The maximum absolute atomic E-state index is 12.6. The molecule has 1 aliphatic rings. The highest BCUT2D eigenvalue weighted by Crippen LogP contribution is 2.48. The molecule has 0 aliphatic heterocycles. The lowest BCUT2D eigenvalue weighted by molar-refractivity contribution is -0.126. The van der Waals surface area contributed by atoms with Crippen molar-refractivity contribution in [2.75, 3.05) is 11.9 Å². The number of carbonyl (C=O) groups excluding carboxylic acids is 2. The fraction of sp³-hybridized carbons (Fsp3) is 0.333. The number of carbonyl (C=O) groups is 2. The number of nitrogens with one attached hydrogen (secondary N) is 2. The first-order valence-electron chi connectivity index (χ1n) is 8.74. The van der Waals surface area contributed by atoms with E-state index < -0.39 is 5.41 Å². The second kappa shape index (κ2) is 7.12. The van der Waals surface area contributed by atoms with Gasteiger partial charge in [0.25, 0.3) is 0 Å². The zero-order chi connectivity index (χ0) is 18.9.